The topological polar surface area (TPSA) is 127 Å². The van der Waals surface area contributed by atoms with E-state index in [1.807, 2.05) is 0 Å². The molecule has 1 aliphatic rings. The Hall–Kier alpha value is -2.43. The van der Waals surface area contributed by atoms with Crippen molar-refractivity contribution in [1.82, 2.24) is 15.3 Å². The van der Waals surface area contributed by atoms with Crippen LogP contribution in [-0.2, 0) is 14.3 Å². The number of halogens is 2. The molecule has 3 rings (SSSR count). The molecule has 0 saturated heterocycles. The molecule has 0 aliphatic heterocycles. The molecule has 1 saturated carbocycles. The summed E-state index contributed by atoms with van der Waals surface area (Å²) >= 11 is 12.5. The van der Waals surface area contributed by atoms with Gasteiger partial charge in [0, 0.05) is 29.4 Å². The van der Waals surface area contributed by atoms with Crippen LogP contribution in [0.2, 0.25) is 10.2 Å². The summed E-state index contributed by atoms with van der Waals surface area (Å²) in [5, 5.41) is 4.69. The highest BCUT2D eigenvalue weighted by Crippen LogP contribution is 2.39. The molecule has 32 heavy (non-hydrogen) atoms. The highest BCUT2D eigenvalue weighted by molar-refractivity contribution is 7.87. The summed E-state index contributed by atoms with van der Waals surface area (Å²) in [5.74, 6) is -0.397. The van der Waals surface area contributed by atoms with Gasteiger partial charge in [0.1, 0.15) is 5.15 Å². The number of aromatic nitrogens is 2. The van der Waals surface area contributed by atoms with Gasteiger partial charge in [0.25, 0.3) is 5.91 Å². The van der Waals surface area contributed by atoms with Gasteiger partial charge in [-0.25, -0.2) is 14.8 Å². The third kappa shape index (κ3) is 5.87. The summed E-state index contributed by atoms with van der Waals surface area (Å²) in [5.41, 5.74) is 0.112. The SMILES string of the molecule is CC(C)(C)NC(=O)OS(=O)(=O)c1cc(NC(=O)c2cc(Cl)c(C3CCC3)nc2Cl)ccn1. The van der Waals surface area contributed by atoms with Gasteiger partial charge in [-0.2, -0.15) is 8.42 Å². The molecule has 2 N–H and O–H groups in total. The summed E-state index contributed by atoms with van der Waals surface area (Å²) in [6.45, 7) is 5.00. The monoisotopic (exact) mass is 500 g/mol. The molecule has 172 valence electrons. The molecular weight excluding hydrogens is 479 g/mol. The van der Waals surface area contributed by atoms with Gasteiger partial charge < -0.3 is 14.8 Å². The molecule has 0 radical (unpaired) electrons. The van der Waals surface area contributed by atoms with Crippen LogP contribution >= 0.6 is 23.2 Å². The lowest BCUT2D eigenvalue weighted by molar-refractivity contribution is 0.102. The second kappa shape index (κ2) is 9.21. The van der Waals surface area contributed by atoms with E-state index in [1.165, 1.54) is 12.1 Å². The Morgan fingerprint density at radius 1 is 1.19 bits per heavy atom. The molecule has 0 atom stereocenters. The van der Waals surface area contributed by atoms with Crippen LogP contribution in [0.5, 0.6) is 0 Å². The van der Waals surface area contributed by atoms with Crippen LogP contribution < -0.4 is 10.6 Å². The number of anilines is 1. The predicted molar refractivity (Wildman–Crippen MR) is 120 cm³/mol. The molecule has 12 heteroatoms. The van der Waals surface area contributed by atoms with Crippen molar-refractivity contribution in [3.8, 4) is 0 Å². The average molecular weight is 501 g/mol. The van der Waals surface area contributed by atoms with Gasteiger partial charge in [0.05, 0.1) is 16.3 Å². The second-order valence-electron chi connectivity index (χ2n) is 8.36. The Bertz CT molecular complexity index is 1160. The minimum Gasteiger partial charge on any atom is -0.323 e. The van der Waals surface area contributed by atoms with E-state index in [-0.39, 0.29) is 22.3 Å². The number of carbonyl (C=O) groups excluding carboxylic acids is 2. The molecular formula is C20H22Cl2N4O5S. The van der Waals surface area contributed by atoms with Gasteiger partial charge in [-0.1, -0.05) is 29.6 Å². The number of amides is 2. The Morgan fingerprint density at radius 2 is 1.88 bits per heavy atom. The third-order valence-corrected chi connectivity index (χ3v) is 6.30. The number of rotatable bonds is 5. The molecule has 2 amide bonds. The summed E-state index contributed by atoms with van der Waals surface area (Å²) < 4.78 is 29.3. The zero-order valence-corrected chi connectivity index (χ0v) is 19.9. The van der Waals surface area contributed by atoms with Crippen LogP contribution in [0.4, 0.5) is 10.5 Å². The summed E-state index contributed by atoms with van der Waals surface area (Å²) in [4.78, 5) is 32.5. The van der Waals surface area contributed by atoms with E-state index in [2.05, 4.69) is 24.8 Å². The average Bonchev–Trinajstić information content (AvgIpc) is 2.61. The highest BCUT2D eigenvalue weighted by atomic mass is 35.5. The third-order valence-electron chi connectivity index (χ3n) is 4.60. The van der Waals surface area contributed by atoms with Crippen LogP contribution in [0.1, 0.15) is 62.0 Å². The molecule has 1 fully saturated rings. The maximum Gasteiger partial charge on any atom is 0.423 e. The molecule has 2 aromatic heterocycles. The van der Waals surface area contributed by atoms with E-state index < -0.39 is 32.7 Å². The van der Waals surface area contributed by atoms with Crippen molar-refractivity contribution < 1.29 is 22.2 Å². The fourth-order valence-corrected chi connectivity index (χ4v) is 4.22. The lowest BCUT2D eigenvalue weighted by atomic mass is 9.82. The molecule has 2 heterocycles. The van der Waals surface area contributed by atoms with Crippen LogP contribution in [0.25, 0.3) is 0 Å². The Labute approximate surface area is 196 Å². The van der Waals surface area contributed by atoms with Crippen molar-refractivity contribution in [2.45, 2.75) is 56.5 Å². The molecule has 0 bridgehead atoms. The Morgan fingerprint density at radius 3 is 2.47 bits per heavy atom. The number of carbonyl (C=O) groups is 2. The van der Waals surface area contributed by atoms with Crippen molar-refractivity contribution in [2.75, 3.05) is 5.32 Å². The molecule has 2 aromatic rings. The van der Waals surface area contributed by atoms with Crippen molar-refractivity contribution in [1.29, 1.82) is 0 Å². The number of nitrogens with zero attached hydrogens (tertiary/aromatic N) is 2. The number of nitrogens with one attached hydrogen (secondary N) is 2. The van der Waals surface area contributed by atoms with Crippen molar-refractivity contribution in [3.05, 3.63) is 45.8 Å². The first-order valence-corrected chi connectivity index (χ1v) is 11.9. The lowest BCUT2D eigenvalue weighted by Crippen LogP contribution is -2.41. The van der Waals surface area contributed by atoms with Crippen LogP contribution in [0.3, 0.4) is 0 Å². The zero-order chi connectivity index (χ0) is 23.7. The molecule has 9 nitrogen and oxygen atoms in total. The standard InChI is InChI=1S/C20H22Cl2N4O5S/c1-20(2,3)26-19(28)31-32(29,30)15-9-12(7-8-23-15)24-18(27)13-10-14(21)16(25-17(13)22)11-5-4-6-11/h7-11H,4-6H2,1-3H3,(H,26,28)(H,23,24,27). The largest absolute Gasteiger partial charge is 0.423 e. The fourth-order valence-electron chi connectivity index (χ4n) is 2.90. The minimum absolute atomic E-state index is 0.00196. The fraction of sp³-hybridized carbons (Fsp3) is 0.400. The van der Waals surface area contributed by atoms with Crippen molar-refractivity contribution >= 4 is 51.0 Å². The van der Waals surface area contributed by atoms with E-state index >= 15 is 0 Å². The molecule has 0 unspecified atom stereocenters. The first kappa shape index (κ1) is 24.2. The van der Waals surface area contributed by atoms with E-state index in [9.17, 15) is 18.0 Å². The first-order valence-electron chi connectivity index (χ1n) is 9.76. The second-order valence-corrected chi connectivity index (χ2v) is 10.6. The Balaban J connectivity index is 1.76. The zero-order valence-electron chi connectivity index (χ0n) is 17.6. The normalized spacial score (nSPS) is 14.4. The van der Waals surface area contributed by atoms with Crippen molar-refractivity contribution in [2.24, 2.45) is 0 Å². The number of pyridine rings is 2. The van der Waals surface area contributed by atoms with E-state index in [0.717, 1.165) is 31.5 Å². The van der Waals surface area contributed by atoms with Crippen LogP contribution in [-0.4, -0.2) is 35.9 Å². The first-order chi connectivity index (χ1) is 14.9. The van der Waals surface area contributed by atoms with E-state index in [0.29, 0.717) is 10.7 Å². The molecule has 0 spiro atoms. The van der Waals surface area contributed by atoms with Gasteiger partial charge in [0.15, 0.2) is 5.03 Å². The molecule has 0 aromatic carbocycles. The quantitative estimate of drug-likeness (QED) is 0.456. The molecule has 1 aliphatic carbocycles. The van der Waals surface area contributed by atoms with Gasteiger partial charge in [0.2, 0.25) is 0 Å². The summed E-state index contributed by atoms with van der Waals surface area (Å²) in [6, 6.07) is 3.87. The van der Waals surface area contributed by atoms with Gasteiger partial charge in [-0.3, -0.25) is 4.79 Å². The number of hydrogen-bond acceptors (Lipinski definition) is 7. The smallest absolute Gasteiger partial charge is 0.323 e. The Kier molecular flexibility index (Phi) is 6.97. The maximum absolute atomic E-state index is 12.7. The summed E-state index contributed by atoms with van der Waals surface area (Å²) in [7, 11) is -4.52. The predicted octanol–water partition coefficient (Wildman–Crippen LogP) is 4.52. The van der Waals surface area contributed by atoms with E-state index in [4.69, 9.17) is 23.2 Å². The van der Waals surface area contributed by atoms with Crippen LogP contribution in [0, 0.1) is 0 Å². The van der Waals surface area contributed by atoms with Crippen LogP contribution in [0.15, 0.2) is 29.4 Å². The maximum atomic E-state index is 12.7. The van der Waals surface area contributed by atoms with E-state index in [1.54, 1.807) is 20.8 Å². The van der Waals surface area contributed by atoms with Gasteiger partial charge >= 0.3 is 16.2 Å². The van der Waals surface area contributed by atoms with Gasteiger partial charge in [-0.15, -0.1) is 0 Å². The lowest BCUT2D eigenvalue weighted by Gasteiger charge is -2.26. The van der Waals surface area contributed by atoms with Gasteiger partial charge in [-0.05, 0) is 45.7 Å². The van der Waals surface area contributed by atoms with Crippen molar-refractivity contribution in [3.63, 3.8) is 0 Å². The number of hydrogen-bond donors (Lipinski definition) is 2. The summed E-state index contributed by atoms with van der Waals surface area (Å²) in [6.07, 6.45) is 3.04. The highest BCUT2D eigenvalue weighted by Gasteiger charge is 2.27. The minimum atomic E-state index is -4.52.